The summed E-state index contributed by atoms with van der Waals surface area (Å²) in [5.74, 6) is -0.153. The zero-order valence-electron chi connectivity index (χ0n) is 11.6. The highest BCUT2D eigenvalue weighted by Crippen LogP contribution is 2.35. The Morgan fingerprint density at radius 3 is 2.45 bits per heavy atom. The standard InChI is InChI=1S/C14H19ClF3NO/c1-3-19(7-8-20-4-2)12-6-5-11(10-15)13(9-12)14(16,17)18/h5-6,9H,3-4,7-8,10H2,1-2H3. The molecule has 0 bridgehead atoms. The number of ether oxygens (including phenoxy) is 1. The van der Waals surface area contributed by atoms with Crippen molar-refractivity contribution in [3.05, 3.63) is 29.3 Å². The topological polar surface area (TPSA) is 12.5 Å². The molecule has 114 valence electrons. The van der Waals surface area contributed by atoms with Gasteiger partial charge in [-0.05, 0) is 31.5 Å². The van der Waals surface area contributed by atoms with Crippen LogP contribution in [0.2, 0.25) is 0 Å². The summed E-state index contributed by atoms with van der Waals surface area (Å²) in [6, 6.07) is 4.27. The van der Waals surface area contributed by atoms with E-state index in [9.17, 15) is 13.2 Å². The molecule has 0 saturated heterocycles. The quantitative estimate of drug-likeness (QED) is 0.550. The maximum Gasteiger partial charge on any atom is 0.416 e. The third kappa shape index (κ3) is 4.56. The van der Waals surface area contributed by atoms with Crippen LogP contribution >= 0.6 is 11.6 Å². The summed E-state index contributed by atoms with van der Waals surface area (Å²) in [6.45, 7) is 6.04. The summed E-state index contributed by atoms with van der Waals surface area (Å²) >= 11 is 5.57. The normalized spacial score (nSPS) is 11.7. The minimum Gasteiger partial charge on any atom is -0.380 e. The minimum atomic E-state index is -4.39. The molecule has 6 heteroatoms. The molecule has 0 unspecified atom stereocenters. The van der Waals surface area contributed by atoms with E-state index in [0.29, 0.717) is 32.0 Å². The van der Waals surface area contributed by atoms with Crippen molar-refractivity contribution in [2.75, 3.05) is 31.2 Å². The molecule has 0 saturated carbocycles. The lowest BCUT2D eigenvalue weighted by atomic mass is 10.1. The molecule has 0 aliphatic rings. The van der Waals surface area contributed by atoms with E-state index in [1.807, 2.05) is 18.7 Å². The van der Waals surface area contributed by atoms with Crippen molar-refractivity contribution < 1.29 is 17.9 Å². The average molecular weight is 310 g/mol. The van der Waals surface area contributed by atoms with Crippen LogP contribution in [0.25, 0.3) is 0 Å². The molecule has 0 aliphatic carbocycles. The third-order valence-corrected chi connectivity index (χ3v) is 3.29. The van der Waals surface area contributed by atoms with Crippen molar-refractivity contribution in [3.63, 3.8) is 0 Å². The SMILES string of the molecule is CCOCCN(CC)c1ccc(CCl)c(C(F)(F)F)c1. The van der Waals surface area contributed by atoms with Gasteiger partial charge in [-0.25, -0.2) is 0 Å². The third-order valence-electron chi connectivity index (χ3n) is 3.00. The summed E-state index contributed by atoms with van der Waals surface area (Å²) in [6.07, 6.45) is -4.39. The van der Waals surface area contributed by atoms with E-state index in [-0.39, 0.29) is 11.4 Å². The van der Waals surface area contributed by atoms with E-state index < -0.39 is 11.7 Å². The van der Waals surface area contributed by atoms with Crippen LogP contribution in [0.5, 0.6) is 0 Å². The summed E-state index contributed by atoms with van der Waals surface area (Å²) in [4.78, 5) is 1.85. The first-order chi connectivity index (χ1) is 9.43. The second-order valence-electron chi connectivity index (χ2n) is 4.25. The molecule has 0 aromatic heterocycles. The van der Waals surface area contributed by atoms with Crippen molar-refractivity contribution in [2.24, 2.45) is 0 Å². The number of rotatable bonds is 7. The molecule has 2 nitrogen and oxygen atoms in total. The maximum absolute atomic E-state index is 13.0. The predicted octanol–water partition coefficient (Wildman–Crippen LogP) is 4.31. The van der Waals surface area contributed by atoms with Crippen LogP contribution < -0.4 is 4.90 Å². The smallest absolute Gasteiger partial charge is 0.380 e. The number of anilines is 1. The summed E-state index contributed by atoms with van der Waals surface area (Å²) in [5, 5.41) is 0. The second kappa shape index (κ2) is 7.74. The van der Waals surface area contributed by atoms with Gasteiger partial charge in [-0.2, -0.15) is 13.2 Å². The highest BCUT2D eigenvalue weighted by atomic mass is 35.5. The molecule has 1 aromatic rings. The van der Waals surface area contributed by atoms with Crippen LogP contribution in [0.1, 0.15) is 25.0 Å². The van der Waals surface area contributed by atoms with E-state index in [1.54, 1.807) is 6.07 Å². The zero-order chi connectivity index (χ0) is 15.2. The maximum atomic E-state index is 13.0. The van der Waals surface area contributed by atoms with Gasteiger partial charge in [0, 0.05) is 31.3 Å². The zero-order valence-corrected chi connectivity index (χ0v) is 12.4. The van der Waals surface area contributed by atoms with Crippen molar-refractivity contribution >= 4 is 17.3 Å². The Morgan fingerprint density at radius 2 is 1.95 bits per heavy atom. The van der Waals surface area contributed by atoms with Gasteiger partial charge in [-0.1, -0.05) is 6.07 Å². The number of likely N-dealkylation sites (N-methyl/N-ethyl adjacent to an activating group) is 1. The van der Waals surface area contributed by atoms with Gasteiger partial charge in [-0.3, -0.25) is 0 Å². The fourth-order valence-electron chi connectivity index (χ4n) is 1.93. The van der Waals surface area contributed by atoms with Crippen LogP contribution in [0.15, 0.2) is 18.2 Å². The Morgan fingerprint density at radius 1 is 1.25 bits per heavy atom. The van der Waals surface area contributed by atoms with Gasteiger partial charge < -0.3 is 9.64 Å². The molecule has 0 amide bonds. The van der Waals surface area contributed by atoms with E-state index >= 15 is 0 Å². The first-order valence-electron chi connectivity index (χ1n) is 6.52. The van der Waals surface area contributed by atoms with Gasteiger partial charge in [0.15, 0.2) is 0 Å². The van der Waals surface area contributed by atoms with Crippen molar-refractivity contribution in [1.82, 2.24) is 0 Å². The van der Waals surface area contributed by atoms with Gasteiger partial charge >= 0.3 is 6.18 Å². The van der Waals surface area contributed by atoms with Crippen LogP contribution in [0.4, 0.5) is 18.9 Å². The van der Waals surface area contributed by atoms with Crippen LogP contribution in [-0.2, 0) is 16.8 Å². The lowest BCUT2D eigenvalue weighted by molar-refractivity contribution is -0.138. The van der Waals surface area contributed by atoms with E-state index in [2.05, 4.69) is 0 Å². The molecule has 0 heterocycles. The van der Waals surface area contributed by atoms with Crippen molar-refractivity contribution in [2.45, 2.75) is 25.9 Å². The van der Waals surface area contributed by atoms with Crippen LogP contribution in [0.3, 0.4) is 0 Å². The van der Waals surface area contributed by atoms with Gasteiger partial charge in [0.25, 0.3) is 0 Å². The first-order valence-corrected chi connectivity index (χ1v) is 7.06. The lowest BCUT2D eigenvalue weighted by Crippen LogP contribution is -2.27. The number of alkyl halides is 4. The van der Waals surface area contributed by atoms with E-state index in [4.69, 9.17) is 16.3 Å². The van der Waals surface area contributed by atoms with Crippen molar-refractivity contribution in [3.8, 4) is 0 Å². The summed E-state index contributed by atoms with van der Waals surface area (Å²) < 4.78 is 44.2. The van der Waals surface area contributed by atoms with Gasteiger partial charge in [-0.15, -0.1) is 11.6 Å². The molecule has 0 aliphatic heterocycles. The van der Waals surface area contributed by atoms with Gasteiger partial charge in [0.2, 0.25) is 0 Å². The molecule has 1 aromatic carbocycles. The number of nitrogens with zero attached hydrogens (tertiary/aromatic N) is 1. The molecule has 1 rings (SSSR count). The Hall–Kier alpha value is -0.940. The fraction of sp³-hybridized carbons (Fsp3) is 0.571. The van der Waals surface area contributed by atoms with Crippen molar-refractivity contribution in [1.29, 1.82) is 0 Å². The van der Waals surface area contributed by atoms with Crippen LogP contribution in [0, 0.1) is 0 Å². The highest BCUT2D eigenvalue weighted by molar-refractivity contribution is 6.17. The molecule has 0 radical (unpaired) electrons. The molecular formula is C14H19ClF3NO. The average Bonchev–Trinajstić information content (AvgIpc) is 2.42. The second-order valence-corrected chi connectivity index (χ2v) is 4.52. The van der Waals surface area contributed by atoms with Gasteiger partial charge in [0.1, 0.15) is 0 Å². The Kier molecular flexibility index (Phi) is 6.62. The van der Waals surface area contributed by atoms with E-state index in [1.165, 1.54) is 6.07 Å². The lowest BCUT2D eigenvalue weighted by Gasteiger charge is -2.24. The number of hydrogen-bond donors (Lipinski definition) is 0. The molecule has 20 heavy (non-hydrogen) atoms. The predicted molar refractivity (Wildman–Crippen MR) is 75.4 cm³/mol. The Bertz CT molecular complexity index is 423. The molecule has 0 fully saturated rings. The Balaban J connectivity index is 2.99. The fourth-order valence-corrected chi connectivity index (χ4v) is 2.16. The number of hydrogen-bond acceptors (Lipinski definition) is 2. The monoisotopic (exact) mass is 309 g/mol. The Labute approximate surface area is 122 Å². The van der Waals surface area contributed by atoms with Crippen LogP contribution in [-0.4, -0.2) is 26.3 Å². The van der Waals surface area contributed by atoms with Gasteiger partial charge in [0.05, 0.1) is 12.2 Å². The first kappa shape index (κ1) is 17.1. The van der Waals surface area contributed by atoms with E-state index in [0.717, 1.165) is 6.07 Å². The molecular weight excluding hydrogens is 291 g/mol. The minimum absolute atomic E-state index is 0.101. The number of benzene rings is 1. The molecule has 0 atom stereocenters. The summed E-state index contributed by atoms with van der Waals surface area (Å²) in [5.41, 5.74) is -0.0305. The number of halogens is 4. The highest BCUT2D eigenvalue weighted by Gasteiger charge is 2.33. The summed E-state index contributed by atoms with van der Waals surface area (Å²) in [7, 11) is 0. The molecule has 0 N–H and O–H groups in total. The largest absolute Gasteiger partial charge is 0.416 e. The molecule has 0 spiro atoms.